The summed E-state index contributed by atoms with van der Waals surface area (Å²) in [7, 11) is 0. The van der Waals surface area contributed by atoms with Crippen molar-refractivity contribution in [2.75, 3.05) is 6.54 Å². The Kier molecular flexibility index (Phi) is 9.01. The van der Waals surface area contributed by atoms with Crippen LogP contribution in [0.1, 0.15) is 76.2 Å². The fourth-order valence-corrected chi connectivity index (χ4v) is 3.18. The lowest BCUT2D eigenvalue weighted by Crippen LogP contribution is -2.22. The zero-order valence-corrected chi connectivity index (χ0v) is 15.9. The smallest absolute Gasteiger partial charge is 0.404 e. The van der Waals surface area contributed by atoms with Crippen LogP contribution in [0.25, 0.3) is 11.1 Å². The minimum atomic E-state index is -0.992. The fraction of sp³-hybridized carbons (Fsp3) is 0.619. The van der Waals surface area contributed by atoms with E-state index < -0.39 is 6.09 Å². The van der Waals surface area contributed by atoms with Gasteiger partial charge in [-0.15, -0.1) is 0 Å². The summed E-state index contributed by atoms with van der Waals surface area (Å²) < 4.78 is 5.81. The van der Waals surface area contributed by atoms with E-state index in [1.807, 2.05) is 6.07 Å². The molecule has 0 saturated heterocycles. The molecular formula is C21H32N2O3. The third-order valence-corrected chi connectivity index (χ3v) is 4.66. The van der Waals surface area contributed by atoms with Crippen LogP contribution in [0.3, 0.4) is 0 Å². The predicted molar refractivity (Wildman–Crippen MR) is 105 cm³/mol. The molecule has 0 spiro atoms. The zero-order chi connectivity index (χ0) is 18.6. The minimum absolute atomic E-state index is 0.414. The molecule has 0 saturated carbocycles. The second-order valence-corrected chi connectivity index (χ2v) is 6.97. The normalized spacial score (nSPS) is 11.1. The van der Waals surface area contributed by atoms with Crippen molar-refractivity contribution in [1.29, 1.82) is 0 Å². The molecule has 0 aliphatic heterocycles. The fourth-order valence-electron chi connectivity index (χ4n) is 3.18. The Labute approximate surface area is 156 Å². The van der Waals surface area contributed by atoms with E-state index in [0.29, 0.717) is 25.3 Å². The monoisotopic (exact) mass is 360 g/mol. The molecular weight excluding hydrogens is 328 g/mol. The van der Waals surface area contributed by atoms with Crippen LogP contribution in [0.4, 0.5) is 4.79 Å². The molecule has 0 radical (unpaired) electrons. The Hall–Kier alpha value is -2.04. The van der Waals surface area contributed by atoms with Gasteiger partial charge in [0.2, 0.25) is 0 Å². The first-order valence-corrected chi connectivity index (χ1v) is 10.0. The lowest BCUT2D eigenvalue weighted by Gasteiger charge is -2.02. The minimum Gasteiger partial charge on any atom is -0.465 e. The summed E-state index contributed by atoms with van der Waals surface area (Å²) in [5.74, 6) is 0.677. The van der Waals surface area contributed by atoms with Gasteiger partial charge in [-0.05, 0) is 37.0 Å². The number of nitrogens with zero attached hydrogens (tertiary/aromatic N) is 1. The molecule has 1 aromatic heterocycles. The van der Waals surface area contributed by atoms with Crippen LogP contribution in [0.2, 0.25) is 0 Å². The highest BCUT2D eigenvalue weighted by molar-refractivity contribution is 5.73. The van der Waals surface area contributed by atoms with Crippen molar-refractivity contribution in [3.05, 3.63) is 29.7 Å². The molecule has 26 heavy (non-hydrogen) atoms. The Bertz CT molecular complexity index is 666. The van der Waals surface area contributed by atoms with E-state index in [1.165, 1.54) is 56.9 Å². The lowest BCUT2D eigenvalue weighted by molar-refractivity contribution is 0.194. The number of aromatic nitrogens is 1. The molecule has 0 atom stereocenters. The van der Waals surface area contributed by atoms with Gasteiger partial charge >= 0.3 is 6.09 Å². The summed E-state index contributed by atoms with van der Waals surface area (Å²) in [5, 5.41) is 10.9. The average Bonchev–Trinajstić information content (AvgIpc) is 3.03. The lowest BCUT2D eigenvalue weighted by atomic mass is 10.0. The van der Waals surface area contributed by atoms with Crippen LogP contribution in [0.5, 0.6) is 0 Å². The van der Waals surface area contributed by atoms with Gasteiger partial charge in [0.05, 0.1) is 0 Å². The van der Waals surface area contributed by atoms with Gasteiger partial charge in [0, 0.05) is 13.0 Å². The van der Waals surface area contributed by atoms with E-state index >= 15 is 0 Å². The standard InChI is InChI=1S/C21H32N2O3/c1-2-3-4-5-6-7-8-9-11-17-13-14-18-19(16-17)26-20(23-18)12-10-15-22-21(24)25/h13-14,16,22H,2-12,15H2,1H3,(H,24,25). The Morgan fingerprint density at radius 1 is 1.04 bits per heavy atom. The summed E-state index contributed by atoms with van der Waals surface area (Å²) in [5.41, 5.74) is 3.02. The first-order valence-electron chi connectivity index (χ1n) is 10.0. The Balaban J connectivity index is 1.70. The van der Waals surface area contributed by atoms with Gasteiger partial charge in [-0.1, -0.05) is 57.9 Å². The van der Waals surface area contributed by atoms with Crippen LogP contribution in [0.15, 0.2) is 22.6 Å². The predicted octanol–water partition coefficient (Wildman–Crippen LogP) is 5.71. The molecule has 2 aromatic rings. The molecule has 0 unspecified atom stereocenters. The molecule has 0 aliphatic rings. The molecule has 144 valence electrons. The Morgan fingerprint density at radius 3 is 2.50 bits per heavy atom. The van der Waals surface area contributed by atoms with Crippen LogP contribution < -0.4 is 5.32 Å². The van der Waals surface area contributed by atoms with Gasteiger partial charge in [-0.3, -0.25) is 0 Å². The molecule has 2 rings (SSSR count). The third kappa shape index (κ3) is 7.46. The van der Waals surface area contributed by atoms with Gasteiger partial charge in [0.1, 0.15) is 5.52 Å². The number of fused-ring (bicyclic) bond motifs is 1. The highest BCUT2D eigenvalue weighted by Gasteiger charge is 2.07. The van der Waals surface area contributed by atoms with Crippen molar-refractivity contribution in [2.24, 2.45) is 0 Å². The van der Waals surface area contributed by atoms with Crippen LogP contribution in [-0.2, 0) is 12.8 Å². The van der Waals surface area contributed by atoms with Crippen molar-refractivity contribution in [3.63, 3.8) is 0 Å². The van der Waals surface area contributed by atoms with Gasteiger partial charge in [-0.2, -0.15) is 0 Å². The first-order chi connectivity index (χ1) is 12.7. The largest absolute Gasteiger partial charge is 0.465 e. The second-order valence-electron chi connectivity index (χ2n) is 6.97. The number of nitrogens with one attached hydrogen (secondary N) is 1. The number of unbranched alkanes of at least 4 members (excludes halogenated alkanes) is 7. The maximum absolute atomic E-state index is 10.4. The molecule has 0 fully saturated rings. The number of amides is 1. The van der Waals surface area contributed by atoms with Gasteiger partial charge in [0.25, 0.3) is 0 Å². The molecule has 0 bridgehead atoms. The van der Waals surface area contributed by atoms with Crippen LogP contribution in [0, 0.1) is 0 Å². The third-order valence-electron chi connectivity index (χ3n) is 4.66. The highest BCUT2D eigenvalue weighted by atomic mass is 16.4. The van der Waals surface area contributed by atoms with Crippen molar-refractivity contribution in [1.82, 2.24) is 10.3 Å². The van der Waals surface area contributed by atoms with Gasteiger partial charge in [0.15, 0.2) is 11.5 Å². The number of hydrogen-bond donors (Lipinski definition) is 2. The molecule has 1 aromatic carbocycles. The van der Waals surface area contributed by atoms with E-state index in [4.69, 9.17) is 9.52 Å². The molecule has 2 N–H and O–H groups in total. The van der Waals surface area contributed by atoms with Crippen molar-refractivity contribution < 1.29 is 14.3 Å². The van der Waals surface area contributed by atoms with E-state index in [2.05, 4.69) is 29.4 Å². The number of oxazole rings is 1. The number of hydrogen-bond acceptors (Lipinski definition) is 3. The number of carbonyl (C=O) groups is 1. The van der Waals surface area contributed by atoms with Crippen molar-refractivity contribution >= 4 is 17.2 Å². The van der Waals surface area contributed by atoms with Gasteiger partial charge < -0.3 is 14.8 Å². The summed E-state index contributed by atoms with van der Waals surface area (Å²) in [6.07, 6.45) is 12.1. The second kappa shape index (κ2) is 11.6. The Morgan fingerprint density at radius 2 is 1.77 bits per heavy atom. The molecule has 0 aliphatic carbocycles. The van der Waals surface area contributed by atoms with E-state index in [0.717, 1.165) is 17.5 Å². The van der Waals surface area contributed by atoms with Crippen LogP contribution >= 0.6 is 0 Å². The topological polar surface area (TPSA) is 75.4 Å². The molecule has 1 heterocycles. The molecule has 5 nitrogen and oxygen atoms in total. The maximum Gasteiger partial charge on any atom is 0.404 e. The number of benzene rings is 1. The number of rotatable bonds is 13. The SMILES string of the molecule is CCCCCCCCCCc1ccc2nc(CCCNC(=O)O)oc2c1. The maximum atomic E-state index is 10.4. The number of aryl methyl sites for hydroxylation is 2. The summed E-state index contributed by atoms with van der Waals surface area (Å²) >= 11 is 0. The van der Waals surface area contributed by atoms with Crippen LogP contribution in [-0.4, -0.2) is 22.7 Å². The average molecular weight is 360 g/mol. The quantitative estimate of drug-likeness (QED) is 0.449. The zero-order valence-electron chi connectivity index (χ0n) is 15.9. The van der Waals surface area contributed by atoms with Gasteiger partial charge in [-0.25, -0.2) is 9.78 Å². The first kappa shape index (κ1) is 20.3. The summed E-state index contributed by atoms with van der Waals surface area (Å²) in [4.78, 5) is 14.9. The van der Waals surface area contributed by atoms with E-state index in [-0.39, 0.29) is 0 Å². The highest BCUT2D eigenvalue weighted by Crippen LogP contribution is 2.20. The molecule has 5 heteroatoms. The van der Waals surface area contributed by atoms with Crippen molar-refractivity contribution in [2.45, 2.75) is 77.6 Å². The molecule has 1 amide bonds. The number of carboxylic acid groups (broad SMARTS) is 1. The van der Waals surface area contributed by atoms with E-state index in [9.17, 15) is 4.79 Å². The van der Waals surface area contributed by atoms with Crippen molar-refractivity contribution in [3.8, 4) is 0 Å². The van der Waals surface area contributed by atoms with E-state index in [1.54, 1.807) is 0 Å². The summed E-state index contributed by atoms with van der Waals surface area (Å²) in [6.45, 7) is 2.67. The summed E-state index contributed by atoms with van der Waals surface area (Å²) in [6, 6.07) is 6.27.